The first-order valence-corrected chi connectivity index (χ1v) is 8.97. The van der Waals surface area contributed by atoms with E-state index in [9.17, 15) is 4.79 Å². The summed E-state index contributed by atoms with van der Waals surface area (Å²) >= 11 is 1.16. The number of fused-ring (bicyclic) bond motifs is 1. The first-order chi connectivity index (χ1) is 11.9. The van der Waals surface area contributed by atoms with Gasteiger partial charge in [-0.15, -0.1) is 0 Å². The average molecular weight is 355 g/mol. The van der Waals surface area contributed by atoms with E-state index in [1.807, 2.05) is 31.2 Å². The Morgan fingerprint density at radius 3 is 2.60 bits per heavy atom. The molecule has 25 heavy (non-hydrogen) atoms. The zero-order chi connectivity index (χ0) is 18.0. The summed E-state index contributed by atoms with van der Waals surface area (Å²) in [7, 11) is 0. The van der Waals surface area contributed by atoms with Gasteiger partial charge in [-0.2, -0.15) is 8.75 Å². The van der Waals surface area contributed by atoms with Gasteiger partial charge in [0.25, 0.3) is 5.91 Å². The van der Waals surface area contributed by atoms with Crippen molar-refractivity contribution in [2.24, 2.45) is 0 Å². The number of anilines is 1. The van der Waals surface area contributed by atoms with E-state index in [-0.39, 0.29) is 5.91 Å². The van der Waals surface area contributed by atoms with Crippen molar-refractivity contribution in [2.75, 3.05) is 5.32 Å². The minimum absolute atomic E-state index is 0.196. The van der Waals surface area contributed by atoms with Crippen molar-refractivity contribution < 1.29 is 9.53 Å². The summed E-state index contributed by atoms with van der Waals surface area (Å²) in [5, 5.41) is 2.88. The molecule has 1 heterocycles. The molecule has 0 aliphatic carbocycles. The van der Waals surface area contributed by atoms with Gasteiger partial charge in [0.1, 0.15) is 16.8 Å². The van der Waals surface area contributed by atoms with Crippen LogP contribution in [0.15, 0.2) is 36.4 Å². The van der Waals surface area contributed by atoms with Gasteiger partial charge in [0.15, 0.2) is 6.10 Å². The fourth-order valence-corrected chi connectivity index (χ4v) is 3.09. The van der Waals surface area contributed by atoms with Crippen LogP contribution in [-0.2, 0) is 4.79 Å². The lowest BCUT2D eigenvalue weighted by atomic mass is 10.0. The summed E-state index contributed by atoms with van der Waals surface area (Å²) in [6.07, 6.45) is -0.608. The van der Waals surface area contributed by atoms with Gasteiger partial charge in [-0.3, -0.25) is 4.79 Å². The van der Waals surface area contributed by atoms with Crippen LogP contribution in [0.3, 0.4) is 0 Å². The summed E-state index contributed by atoms with van der Waals surface area (Å²) < 4.78 is 14.3. The van der Waals surface area contributed by atoms with Crippen molar-refractivity contribution in [2.45, 2.75) is 39.7 Å². The van der Waals surface area contributed by atoms with Crippen LogP contribution >= 0.6 is 11.7 Å². The minimum Gasteiger partial charge on any atom is -0.481 e. The van der Waals surface area contributed by atoms with E-state index < -0.39 is 6.10 Å². The van der Waals surface area contributed by atoms with Crippen molar-refractivity contribution in [1.82, 2.24) is 8.75 Å². The summed E-state index contributed by atoms with van der Waals surface area (Å²) in [6.45, 7) is 7.99. The van der Waals surface area contributed by atoms with Crippen molar-refractivity contribution in [3.63, 3.8) is 0 Å². The maximum absolute atomic E-state index is 12.5. The molecule has 1 aromatic heterocycles. The summed E-state index contributed by atoms with van der Waals surface area (Å²) in [6, 6.07) is 11.6. The topological polar surface area (TPSA) is 64.1 Å². The number of amides is 1. The number of benzene rings is 2. The summed E-state index contributed by atoms with van der Waals surface area (Å²) in [5.74, 6) is 0.890. The van der Waals surface area contributed by atoms with Gasteiger partial charge < -0.3 is 10.1 Å². The van der Waals surface area contributed by atoms with Crippen molar-refractivity contribution in [1.29, 1.82) is 0 Å². The molecule has 0 saturated carbocycles. The van der Waals surface area contributed by atoms with Gasteiger partial charge in [0, 0.05) is 5.69 Å². The standard InChI is InChI=1S/C19H21N3O2S/c1-11(2)15-7-5-12(3)9-18(15)24-13(4)19(23)20-14-6-8-16-17(10-14)22-25-21-16/h5-11,13H,1-4H3,(H,20,23)/t13-/m1/s1. The number of nitrogens with zero attached hydrogens (tertiary/aromatic N) is 2. The number of hydrogen-bond acceptors (Lipinski definition) is 5. The second-order valence-electron chi connectivity index (χ2n) is 6.41. The number of aromatic nitrogens is 2. The summed E-state index contributed by atoms with van der Waals surface area (Å²) in [4.78, 5) is 12.5. The highest BCUT2D eigenvalue weighted by Gasteiger charge is 2.18. The number of carbonyl (C=O) groups is 1. The molecule has 130 valence electrons. The quantitative estimate of drug-likeness (QED) is 0.730. The largest absolute Gasteiger partial charge is 0.481 e. The molecule has 0 saturated heterocycles. The maximum Gasteiger partial charge on any atom is 0.265 e. The highest BCUT2D eigenvalue weighted by atomic mass is 32.1. The molecule has 0 radical (unpaired) electrons. The molecule has 0 aliphatic heterocycles. The van der Waals surface area contributed by atoms with Crippen molar-refractivity contribution in [3.8, 4) is 5.75 Å². The smallest absolute Gasteiger partial charge is 0.265 e. The first kappa shape index (κ1) is 17.4. The van der Waals surface area contributed by atoms with Crippen LogP contribution in [0.25, 0.3) is 11.0 Å². The average Bonchev–Trinajstić information content (AvgIpc) is 3.02. The zero-order valence-electron chi connectivity index (χ0n) is 14.7. The highest BCUT2D eigenvalue weighted by molar-refractivity contribution is 7.00. The lowest BCUT2D eigenvalue weighted by Gasteiger charge is -2.19. The molecule has 0 fully saturated rings. The molecule has 2 aromatic carbocycles. The predicted octanol–water partition coefficient (Wildman–Crippen LogP) is 4.53. The van der Waals surface area contributed by atoms with Crippen molar-refractivity contribution >= 4 is 34.4 Å². The Bertz CT molecular complexity index is 905. The number of ether oxygens (including phenoxy) is 1. The number of nitrogens with one attached hydrogen (secondary N) is 1. The van der Waals surface area contributed by atoms with E-state index in [2.05, 4.69) is 40.0 Å². The predicted molar refractivity (Wildman–Crippen MR) is 101 cm³/mol. The monoisotopic (exact) mass is 355 g/mol. The SMILES string of the molecule is Cc1ccc(C(C)C)c(O[C@H](C)C(=O)Nc2ccc3nsnc3c2)c1. The van der Waals surface area contributed by atoms with Gasteiger partial charge in [0.2, 0.25) is 0 Å². The molecule has 0 bridgehead atoms. The fraction of sp³-hybridized carbons (Fsp3) is 0.316. The maximum atomic E-state index is 12.5. The molecule has 1 atom stereocenters. The second kappa shape index (κ2) is 7.19. The number of rotatable bonds is 5. The lowest BCUT2D eigenvalue weighted by Crippen LogP contribution is -2.30. The second-order valence-corrected chi connectivity index (χ2v) is 6.94. The molecular formula is C19H21N3O2S. The van der Waals surface area contributed by atoms with Crippen LogP contribution in [0, 0.1) is 6.92 Å². The van der Waals surface area contributed by atoms with Gasteiger partial charge in [-0.05, 0) is 55.2 Å². The van der Waals surface area contributed by atoms with Crippen LogP contribution in [0.1, 0.15) is 37.8 Å². The highest BCUT2D eigenvalue weighted by Crippen LogP contribution is 2.28. The van der Waals surface area contributed by atoms with Gasteiger partial charge in [-0.1, -0.05) is 26.0 Å². The molecule has 3 rings (SSSR count). The Morgan fingerprint density at radius 2 is 1.84 bits per heavy atom. The van der Waals surface area contributed by atoms with Crippen LogP contribution in [0.4, 0.5) is 5.69 Å². The van der Waals surface area contributed by atoms with E-state index in [1.54, 1.807) is 6.92 Å². The number of aryl methyl sites for hydroxylation is 1. The molecule has 0 spiro atoms. The van der Waals surface area contributed by atoms with E-state index in [1.165, 1.54) is 0 Å². The van der Waals surface area contributed by atoms with Crippen LogP contribution in [-0.4, -0.2) is 20.8 Å². The Kier molecular flexibility index (Phi) is 4.99. The Morgan fingerprint density at radius 1 is 1.08 bits per heavy atom. The van der Waals surface area contributed by atoms with Gasteiger partial charge in [0.05, 0.1) is 11.7 Å². The third-order valence-electron chi connectivity index (χ3n) is 3.99. The number of hydrogen-bond donors (Lipinski definition) is 1. The lowest BCUT2D eigenvalue weighted by molar-refractivity contribution is -0.122. The van der Waals surface area contributed by atoms with Crippen LogP contribution in [0.2, 0.25) is 0 Å². The molecule has 3 aromatic rings. The molecule has 5 nitrogen and oxygen atoms in total. The fourth-order valence-electron chi connectivity index (χ4n) is 2.57. The summed E-state index contributed by atoms with van der Waals surface area (Å²) in [5.41, 5.74) is 4.49. The van der Waals surface area contributed by atoms with Crippen LogP contribution in [0.5, 0.6) is 5.75 Å². The van der Waals surface area contributed by atoms with Crippen LogP contribution < -0.4 is 10.1 Å². The Labute approximate surface area is 151 Å². The zero-order valence-corrected chi connectivity index (χ0v) is 15.6. The van der Waals surface area contributed by atoms with E-state index in [4.69, 9.17) is 4.74 Å². The molecule has 1 amide bonds. The van der Waals surface area contributed by atoms with Gasteiger partial charge in [-0.25, -0.2) is 0 Å². The molecule has 6 heteroatoms. The minimum atomic E-state index is -0.608. The molecule has 1 N–H and O–H groups in total. The third kappa shape index (κ3) is 3.96. The third-order valence-corrected chi connectivity index (χ3v) is 4.54. The van der Waals surface area contributed by atoms with E-state index >= 15 is 0 Å². The molecular weight excluding hydrogens is 334 g/mol. The van der Waals surface area contributed by atoms with E-state index in [0.29, 0.717) is 11.6 Å². The molecule has 0 unspecified atom stereocenters. The normalized spacial score (nSPS) is 12.4. The Hall–Kier alpha value is -2.47. The van der Waals surface area contributed by atoms with Gasteiger partial charge >= 0.3 is 0 Å². The molecule has 0 aliphatic rings. The Balaban J connectivity index is 1.73. The van der Waals surface area contributed by atoms with Crippen molar-refractivity contribution in [3.05, 3.63) is 47.5 Å². The number of carbonyl (C=O) groups excluding carboxylic acids is 1. The van der Waals surface area contributed by atoms with E-state index in [0.717, 1.165) is 39.6 Å². The first-order valence-electron chi connectivity index (χ1n) is 8.24.